The predicted molar refractivity (Wildman–Crippen MR) is 102 cm³/mol. The largest absolute Gasteiger partial charge is 0.458 e. The van der Waals surface area contributed by atoms with Crippen molar-refractivity contribution in [3.63, 3.8) is 0 Å². The summed E-state index contributed by atoms with van der Waals surface area (Å²) in [5, 5.41) is 5.22. The standard InChI is InChI=1S/C20H19N3O3/c1-15(11-12-22-14-19(24)21-2)26-18-10-6-7-16(13-18)20(25)23-17-8-4-3-5-9-17/h3-14H,1H2,2H3,(H,21,24)(H,23,25)/b12-11-,22-14?. The van der Waals surface area contributed by atoms with Gasteiger partial charge in [0.15, 0.2) is 0 Å². The first kappa shape index (κ1) is 18.7. The minimum atomic E-state index is -0.307. The van der Waals surface area contributed by atoms with Crippen molar-refractivity contribution in [2.45, 2.75) is 0 Å². The zero-order chi connectivity index (χ0) is 18.8. The molecule has 2 N–H and O–H groups in total. The summed E-state index contributed by atoms with van der Waals surface area (Å²) >= 11 is 0. The van der Waals surface area contributed by atoms with Gasteiger partial charge in [0.05, 0.1) is 6.21 Å². The molecule has 0 radical (unpaired) electrons. The van der Waals surface area contributed by atoms with Crippen LogP contribution in [0.5, 0.6) is 5.75 Å². The topological polar surface area (TPSA) is 79.8 Å². The highest BCUT2D eigenvalue weighted by molar-refractivity contribution is 6.26. The van der Waals surface area contributed by atoms with Gasteiger partial charge >= 0.3 is 0 Å². The van der Waals surface area contributed by atoms with Crippen LogP contribution < -0.4 is 15.4 Å². The molecule has 0 aromatic heterocycles. The third-order valence-electron chi connectivity index (χ3n) is 3.16. The second kappa shape index (κ2) is 9.58. The lowest BCUT2D eigenvalue weighted by Gasteiger charge is -2.08. The SMILES string of the molecule is C=C(/C=C\N=CC(=O)NC)Oc1cccc(C(=O)Nc2ccccc2)c1. The fourth-order valence-corrected chi connectivity index (χ4v) is 1.91. The molecule has 6 nitrogen and oxygen atoms in total. The Morgan fingerprint density at radius 2 is 1.88 bits per heavy atom. The van der Waals surface area contributed by atoms with Gasteiger partial charge in [-0.1, -0.05) is 30.8 Å². The maximum absolute atomic E-state index is 12.3. The van der Waals surface area contributed by atoms with E-state index in [1.165, 1.54) is 19.3 Å². The lowest BCUT2D eigenvalue weighted by Crippen LogP contribution is -2.18. The van der Waals surface area contributed by atoms with Crippen LogP contribution in [0, 0.1) is 0 Å². The van der Waals surface area contributed by atoms with Crippen LogP contribution in [0.15, 0.2) is 84.2 Å². The summed E-state index contributed by atoms with van der Waals surface area (Å²) in [5.74, 6) is 0.242. The van der Waals surface area contributed by atoms with Gasteiger partial charge in [-0.2, -0.15) is 0 Å². The third-order valence-corrected chi connectivity index (χ3v) is 3.16. The maximum atomic E-state index is 12.3. The molecule has 2 amide bonds. The number of nitrogens with one attached hydrogen (secondary N) is 2. The fourth-order valence-electron chi connectivity index (χ4n) is 1.91. The van der Waals surface area contributed by atoms with E-state index in [0.717, 1.165) is 6.21 Å². The molecule has 2 aromatic carbocycles. The van der Waals surface area contributed by atoms with Gasteiger partial charge in [0.1, 0.15) is 11.5 Å². The zero-order valence-electron chi connectivity index (χ0n) is 14.3. The van der Waals surface area contributed by atoms with Crippen molar-refractivity contribution in [3.8, 4) is 5.75 Å². The molecule has 132 valence electrons. The van der Waals surface area contributed by atoms with E-state index in [-0.39, 0.29) is 11.8 Å². The number of hydrogen-bond donors (Lipinski definition) is 2. The van der Waals surface area contributed by atoms with Crippen LogP contribution in [0.2, 0.25) is 0 Å². The highest BCUT2D eigenvalue weighted by Gasteiger charge is 2.07. The molecule has 0 aliphatic carbocycles. The third kappa shape index (κ3) is 6.09. The maximum Gasteiger partial charge on any atom is 0.262 e. The van der Waals surface area contributed by atoms with Crippen molar-refractivity contribution in [1.82, 2.24) is 5.32 Å². The van der Waals surface area contributed by atoms with Crippen LogP contribution >= 0.6 is 0 Å². The number of anilines is 1. The van der Waals surface area contributed by atoms with E-state index in [2.05, 4.69) is 22.2 Å². The molecule has 0 saturated carbocycles. The van der Waals surface area contributed by atoms with Gasteiger partial charge in [0, 0.05) is 24.5 Å². The lowest BCUT2D eigenvalue weighted by atomic mass is 10.2. The van der Waals surface area contributed by atoms with Crippen LogP contribution in [0.3, 0.4) is 0 Å². The van der Waals surface area contributed by atoms with Crippen molar-refractivity contribution in [2.24, 2.45) is 4.99 Å². The highest BCUT2D eigenvalue weighted by atomic mass is 16.5. The molecular weight excluding hydrogens is 330 g/mol. The van der Waals surface area contributed by atoms with E-state index in [1.807, 2.05) is 30.3 Å². The first-order valence-corrected chi connectivity index (χ1v) is 7.83. The molecule has 0 atom stereocenters. The minimum Gasteiger partial charge on any atom is -0.458 e. The summed E-state index contributed by atoms with van der Waals surface area (Å²) in [6.07, 6.45) is 4.04. The molecule has 2 aromatic rings. The number of allylic oxidation sites excluding steroid dienone is 1. The first-order chi connectivity index (χ1) is 12.6. The van der Waals surface area contributed by atoms with Crippen LogP contribution in [-0.2, 0) is 4.79 Å². The normalized spacial score (nSPS) is 10.7. The van der Waals surface area contributed by atoms with Gasteiger partial charge < -0.3 is 15.4 Å². The van der Waals surface area contributed by atoms with Gasteiger partial charge in [0.25, 0.3) is 11.8 Å². The van der Waals surface area contributed by atoms with Crippen molar-refractivity contribution in [2.75, 3.05) is 12.4 Å². The van der Waals surface area contributed by atoms with Gasteiger partial charge in [-0.15, -0.1) is 0 Å². The number of amides is 2. The summed E-state index contributed by atoms with van der Waals surface area (Å²) in [6.45, 7) is 3.75. The average molecular weight is 349 g/mol. The molecule has 0 saturated heterocycles. The van der Waals surface area contributed by atoms with Crippen LogP contribution in [-0.4, -0.2) is 25.1 Å². The molecule has 0 aliphatic rings. The number of rotatable bonds is 7. The Hall–Kier alpha value is -3.67. The van der Waals surface area contributed by atoms with E-state index in [4.69, 9.17) is 4.74 Å². The number of para-hydroxylation sites is 1. The molecule has 0 fully saturated rings. The number of carbonyl (C=O) groups excluding carboxylic acids is 2. The molecule has 26 heavy (non-hydrogen) atoms. The summed E-state index contributed by atoms with van der Waals surface area (Å²) in [6, 6.07) is 15.9. The molecule has 0 aliphatic heterocycles. The monoisotopic (exact) mass is 349 g/mol. The zero-order valence-corrected chi connectivity index (χ0v) is 14.3. The number of aliphatic imine (C=N–C) groups is 1. The van der Waals surface area contributed by atoms with Gasteiger partial charge in [0.2, 0.25) is 0 Å². The Morgan fingerprint density at radius 1 is 1.12 bits per heavy atom. The number of carbonyl (C=O) groups is 2. The van der Waals surface area contributed by atoms with E-state index < -0.39 is 0 Å². The van der Waals surface area contributed by atoms with Crippen LogP contribution in [0.1, 0.15) is 10.4 Å². The van der Waals surface area contributed by atoms with Crippen LogP contribution in [0.25, 0.3) is 0 Å². The van der Waals surface area contributed by atoms with Gasteiger partial charge in [-0.3, -0.25) is 14.6 Å². The fraction of sp³-hybridized carbons (Fsp3) is 0.0500. The van der Waals surface area contributed by atoms with Gasteiger partial charge in [-0.05, 0) is 36.4 Å². The Balaban J connectivity index is 1.97. The predicted octanol–water partition coefficient (Wildman–Crippen LogP) is 3.16. The Labute approximate surface area is 151 Å². The molecule has 0 heterocycles. The second-order valence-corrected chi connectivity index (χ2v) is 5.12. The molecule has 6 heteroatoms. The van der Waals surface area contributed by atoms with Crippen LogP contribution in [0.4, 0.5) is 5.69 Å². The highest BCUT2D eigenvalue weighted by Crippen LogP contribution is 2.17. The Bertz CT molecular complexity index is 842. The molecular formula is C20H19N3O3. The first-order valence-electron chi connectivity index (χ1n) is 7.83. The lowest BCUT2D eigenvalue weighted by molar-refractivity contribution is -0.113. The smallest absolute Gasteiger partial charge is 0.262 e. The van der Waals surface area contributed by atoms with Crippen molar-refractivity contribution >= 4 is 23.7 Å². The molecule has 0 unspecified atom stereocenters. The molecule has 0 bridgehead atoms. The number of nitrogens with zero attached hydrogens (tertiary/aromatic N) is 1. The Kier molecular flexibility index (Phi) is 6.88. The van der Waals surface area contributed by atoms with Crippen molar-refractivity contribution in [3.05, 3.63) is 84.8 Å². The second-order valence-electron chi connectivity index (χ2n) is 5.12. The van der Waals surface area contributed by atoms with E-state index in [9.17, 15) is 9.59 Å². The summed E-state index contributed by atoms with van der Waals surface area (Å²) < 4.78 is 5.55. The number of ether oxygens (including phenoxy) is 1. The van der Waals surface area contributed by atoms with Crippen molar-refractivity contribution in [1.29, 1.82) is 0 Å². The molecule has 2 rings (SSSR count). The molecule has 0 spiro atoms. The average Bonchev–Trinajstić information content (AvgIpc) is 2.66. The van der Waals surface area contributed by atoms with E-state index in [0.29, 0.717) is 22.8 Å². The summed E-state index contributed by atoms with van der Waals surface area (Å²) in [4.78, 5) is 27.1. The number of benzene rings is 2. The van der Waals surface area contributed by atoms with Gasteiger partial charge in [-0.25, -0.2) is 0 Å². The van der Waals surface area contributed by atoms with Crippen molar-refractivity contribution < 1.29 is 14.3 Å². The summed E-state index contributed by atoms with van der Waals surface area (Å²) in [5.41, 5.74) is 1.17. The van der Waals surface area contributed by atoms with E-state index >= 15 is 0 Å². The van der Waals surface area contributed by atoms with E-state index in [1.54, 1.807) is 24.3 Å². The quantitative estimate of drug-likeness (QED) is 0.458. The minimum absolute atomic E-state index is 0.238. The summed E-state index contributed by atoms with van der Waals surface area (Å²) in [7, 11) is 1.51. The Morgan fingerprint density at radius 3 is 2.62 bits per heavy atom. The number of hydrogen-bond acceptors (Lipinski definition) is 4.